The Hall–Kier alpha value is -2.99. The average molecular weight is 545 g/mol. The number of nitrogens with zero attached hydrogens (tertiary/aromatic N) is 5. The van der Waals surface area contributed by atoms with Crippen LogP contribution in [-0.2, 0) is 11.2 Å². The summed E-state index contributed by atoms with van der Waals surface area (Å²) in [6, 6.07) is 9.21. The third kappa shape index (κ3) is 6.01. The fourth-order valence-corrected chi connectivity index (χ4v) is 5.25. The number of halogens is 1. The Morgan fingerprint density at radius 3 is 2.24 bits per heavy atom. The van der Waals surface area contributed by atoms with Crippen molar-refractivity contribution in [2.45, 2.75) is 25.8 Å². The normalized spacial score (nSPS) is 18.8. The maximum Gasteiger partial charge on any atom is 0.354 e. The molecule has 12 heteroatoms. The molecule has 0 unspecified atom stereocenters. The van der Waals surface area contributed by atoms with Crippen molar-refractivity contribution < 1.29 is 9.59 Å². The maximum atomic E-state index is 12.7. The molecule has 0 radical (unpaired) electrons. The number of likely N-dealkylation sites (tertiary alicyclic amines) is 1. The van der Waals surface area contributed by atoms with E-state index < -0.39 is 11.2 Å². The third-order valence-electron chi connectivity index (χ3n) is 7.49. The van der Waals surface area contributed by atoms with E-state index in [1.807, 2.05) is 24.3 Å². The summed E-state index contributed by atoms with van der Waals surface area (Å²) in [5.41, 5.74) is 7.00. The molecular weight excluding hydrogens is 508 g/mol. The molecule has 11 nitrogen and oxygen atoms in total. The van der Waals surface area contributed by atoms with Crippen molar-refractivity contribution in [2.75, 3.05) is 64.2 Å². The van der Waals surface area contributed by atoms with Crippen LogP contribution in [0, 0.1) is 5.41 Å². The van der Waals surface area contributed by atoms with Crippen molar-refractivity contribution in [3.63, 3.8) is 0 Å². The summed E-state index contributed by atoms with van der Waals surface area (Å²) in [4.78, 5) is 47.5. The van der Waals surface area contributed by atoms with E-state index in [1.165, 1.54) is 23.2 Å². The number of rotatable bonds is 6. The summed E-state index contributed by atoms with van der Waals surface area (Å²) in [7, 11) is 0. The molecular formula is C26H37ClN8O3. The number of hydrogen-bond acceptors (Lipinski definition) is 7. The molecule has 5 rings (SSSR count). The van der Waals surface area contributed by atoms with Gasteiger partial charge in [0.25, 0.3) is 0 Å². The molecule has 3 aliphatic heterocycles. The van der Waals surface area contributed by atoms with E-state index in [0.29, 0.717) is 31.6 Å². The van der Waals surface area contributed by atoms with Crippen LogP contribution in [0.15, 0.2) is 41.3 Å². The first-order valence-electron chi connectivity index (χ1n) is 12.9. The van der Waals surface area contributed by atoms with Gasteiger partial charge in [-0.1, -0.05) is 12.1 Å². The Labute approximate surface area is 228 Å². The molecule has 0 atom stereocenters. The van der Waals surface area contributed by atoms with Gasteiger partial charge in [0.1, 0.15) is 5.82 Å². The monoisotopic (exact) mass is 544 g/mol. The standard InChI is InChI=1S/C26H36N8O3.ClH/c1-25(2,27)22(35)32-11-13-33(14-12-32)23(36)29-21-8-10-34(24(37)30-21)20-5-3-19(4-6-20)7-9-31-17-26(18-31)15-28-16-26;/h3-6,8,10,28H,7,9,11-18,27H2,1-2H3,(H,29,30,36,37);1H. The van der Waals surface area contributed by atoms with Crippen LogP contribution in [0.4, 0.5) is 10.6 Å². The topological polar surface area (TPSA) is 129 Å². The number of benzene rings is 1. The second kappa shape index (κ2) is 11.0. The van der Waals surface area contributed by atoms with Gasteiger partial charge in [-0.3, -0.25) is 14.7 Å². The van der Waals surface area contributed by atoms with Gasteiger partial charge in [0, 0.05) is 70.5 Å². The van der Waals surface area contributed by atoms with E-state index in [1.54, 1.807) is 35.9 Å². The van der Waals surface area contributed by atoms with Gasteiger partial charge in [-0.15, -0.1) is 12.4 Å². The molecule has 0 bridgehead atoms. The minimum absolute atomic E-state index is 0. The number of anilines is 1. The number of urea groups is 1. The highest BCUT2D eigenvalue weighted by Gasteiger charge is 2.46. The van der Waals surface area contributed by atoms with Crippen molar-refractivity contribution in [2.24, 2.45) is 11.1 Å². The Morgan fingerprint density at radius 2 is 1.68 bits per heavy atom. The highest BCUT2D eigenvalue weighted by atomic mass is 35.5. The lowest BCUT2D eigenvalue weighted by molar-refractivity contribution is -0.137. The van der Waals surface area contributed by atoms with Crippen molar-refractivity contribution in [3.8, 4) is 5.69 Å². The van der Waals surface area contributed by atoms with Crippen LogP contribution in [0.25, 0.3) is 5.69 Å². The molecule has 4 heterocycles. The zero-order chi connectivity index (χ0) is 26.2. The van der Waals surface area contributed by atoms with E-state index in [4.69, 9.17) is 5.73 Å². The van der Waals surface area contributed by atoms with Gasteiger partial charge >= 0.3 is 11.7 Å². The molecule has 2 aromatic rings. The summed E-state index contributed by atoms with van der Waals surface area (Å²) in [5, 5.41) is 6.06. The van der Waals surface area contributed by atoms with Crippen molar-refractivity contribution >= 4 is 30.2 Å². The number of carbonyl (C=O) groups is 2. The average Bonchev–Trinajstić information content (AvgIpc) is 2.82. The predicted molar refractivity (Wildman–Crippen MR) is 148 cm³/mol. The fraction of sp³-hybridized carbons (Fsp3) is 0.538. The summed E-state index contributed by atoms with van der Waals surface area (Å²) < 4.78 is 1.46. The van der Waals surface area contributed by atoms with Crippen LogP contribution < -0.4 is 22.1 Å². The van der Waals surface area contributed by atoms with E-state index in [0.717, 1.165) is 31.7 Å². The molecule has 4 N–H and O–H groups in total. The van der Waals surface area contributed by atoms with Gasteiger partial charge in [0.2, 0.25) is 5.91 Å². The molecule has 1 aromatic heterocycles. The van der Waals surface area contributed by atoms with Crippen LogP contribution in [-0.4, -0.2) is 101 Å². The maximum absolute atomic E-state index is 12.7. The molecule has 3 saturated heterocycles. The first kappa shape index (κ1) is 28.0. The molecule has 38 heavy (non-hydrogen) atoms. The number of amides is 3. The fourth-order valence-electron chi connectivity index (χ4n) is 5.25. The summed E-state index contributed by atoms with van der Waals surface area (Å²) in [6.45, 7) is 10.6. The van der Waals surface area contributed by atoms with E-state index >= 15 is 0 Å². The Balaban J connectivity index is 0.00000336. The zero-order valence-electron chi connectivity index (χ0n) is 22.0. The Bertz CT molecular complexity index is 1210. The molecule has 0 aliphatic carbocycles. The molecule has 206 valence electrons. The molecule has 3 amide bonds. The SMILES string of the molecule is CC(C)(N)C(=O)N1CCN(C(=O)Nc2ccn(-c3ccc(CCN4CC5(CNC5)C4)cc3)c(=O)n2)CC1.Cl. The highest BCUT2D eigenvalue weighted by molar-refractivity contribution is 5.89. The van der Waals surface area contributed by atoms with Crippen LogP contribution in [0.5, 0.6) is 0 Å². The van der Waals surface area contributed by atoms with Crippen LogP contribution in [0.3, 0.4) is 0 Å². The number of aromatic nitrogens is 2. The Morgan fingerprint density at radius 1 is 1.05 bits per heavy atom. The van der Waals surface area contributed by atoms with Crippen molar-refractivity contribution in [3.05, 3.63) is 52.6 Å². The van der Waals surface area contributed by atoms with E-state index in [-0.39, 0.29) is 30.2 Å². The summed E-state index contributed by atoms with van der Waals surface area (Å²) in [6.07, 6.45) is 2.60. The number of nitrogens with one attached hydrogen (secondary N) is 2. The molecule has 0 saturated carbocycles. The van der Waals surface area contributed by atoms with E-state index in [2.05, 4.69) is 20.5 Å². The van der Waals surface area contributed by atoms with Gasteiger partial charge in [0.15, 0.2) is 0 Å². The minimum atomic E-state index is -0.941. The number of hydrogen-bond donors (Lipinski definition) is 3. The van der Waals surface area contributed by atoms with Gasteiger partial charge in [-0.2, -0.15) is 4.98 Å². The van der Waals surface area contributed by atoms with Gasteiger partial charge in [-0.05, 0) is 44.0 Å². The molecule has 1 spiro atoms. The van der Waals surface area contributed by atoms with Crippen molar-refractivity contribution in [1.29, 1.82) is 0 Å². The van der Waals surface area contributed by atoms with E-state index in [9.17, 15) is 14.4 Å². The largest absolute Gasteiger partial charge is 0.354 e. The smallest absolute Gasteiger partial charge is 0.338 e. The lowest BCUT2D eigenvalue weighted by atomic mass is 9.74. The second-order valence-electron chi connectivity index (χ2n) is 11.1. The van der Waals surface area contributed by atoms with Crippen molar-refractivity contribution in [1.82, 2.24) is 29.6 Å². The molecule has 3 fully saturated rings. The molecule has 1 aromatic carbocycles. The molecule has 3 aliphatic rings. The van der Waals surface area contributed by atoms with Gasteiger partial charge in [0.05, 0.1) is 11.2 Å². The first-order chi connectivity index (χ1) is 17.6. The van der Waals surface area contributed by atoms with Gasteiger partial charge < -0.3 is 25.8 Å². The number of carbonyl (C=O) groups excluding carboxylic acids is 2. The highest BCUT2D eigenvalue weighted by Crippen LogP contribution is 2.33. The lowest BCUT2D eigenvalue weighted by Crippen LogP contribution is -2.71. The lowest BCUT2D eigenvalue weighted by Gasteiger charge is -2.56. The summed E-state index contributed by atoms with van der Waals surface area (Å²) >= 11 is 0. The third-order valence-corrected chi connectivity index (χ3v) is 7.49. The number of piperazine rings is 1. The van der Waals surface area contributed by atoms with Crippen LogP contribution >= 0.6 is 12.4 Å². The predicted octanol–water partition coefficient (Wildman–Crippen LogP) is 0.515. The quantitative estimate of drug-likeness (QED) is 0.483. The van der Waals surface area contributed by atoms with Crippen LogP contribution in [0.2, 0.25) is 0 Å². The second-order valence-corrected chi connectivity index (χ2v) is 11.1. The summed E-state index contributed by atoms with van der Waals surface area (Å²) in [5.74, 6) is 0.0556. The van der Waals surface area contributed by atoms with Gasteiger partial charge in [-0.25, -0.2) is 9.59 Å². The number of nitrogens with two attached hydrogens (primary N) is 1. The van der Waals surface area contributed by atoms with Crippen LogP contribution in [0.1, 0.15) is 19.4 Å². The first-order valence-corrected chi connectivity index (χ1v) is 12.9. The Kier molecular flexibility index (Phi) is 8.12. The minimum Gasteiger partial charge on any atom is -0.338 e. The zero-order valence-corrected chi connectivity index (χ0v) is 22.8.